The molecule has 4 aromatic rings. The molecule has 3 aromatic carbocycles. The summed E-state index contributed by atoms with van der Waals surface area (Å²) in [6.45, 7) is 8.34. The predicted molar refractivity (Wildman–Crippen MR) is 124 cm³/mol. The standard InChI is InChI=1S/C26H26BNO2/c1-25(2)26(3,4)30-27(29-25)22-11-8-12-23(18-22)28-16-15-21-17-20(13-14-24(21)28)19-9-6-5-7-10-19/h5-18H,1-4H3. The minimum absolute atomic E-state index is 0.346. The van der Waals surface area contributed by atoms with E-state index >= 15 is 0 Å². The topological polar surface area (TPSA) is 23.4 Å². The largest absolute Gasteiger partial charge is 0.494 e. The highest BCUT2D eigenvalue weighted by molar-refractivity contribution is 6.62. The van der Waals surface area contributed by atoms with Gasteiger partial charge in [0.15, 0.2) is 0 Å². The molecular formula is C26H26BNO2. The van der Waals surface area contributed by atoms with E-state index in [9.17, 15) is 0 Å². The summed E-state index contributed by atoms with van der Waals surface area (Å²) in [5.74, 6) is 0. The predicted octanol–water partition coefficient (Wildman–Crippen LogP) is 5.60. The SMILES string of the molecule is CC1(C)OB(c2cccc(-n3ccc4cc(-c5ccccc5)ccc43)c2)OC1(C)C. The summed E-state index contributed by atoms with van der Waals surface area (Å²) in [4.78, 5) is 0. The first-order chi connectivity index (χ1) is 14.3. The lowest BCUT2D eigenvalue weighted by molar-refractivity contribution is 0.00578. The Morgan fingerprint density at radius 3 is 2.17 bits per heavy atom. The first-order valence-electron chi connectivity index (χ1n) is 10.5. The Balaban J connectivity index is 1.50. The second-order valence-corrected chi connectivity index (χ2v) is 9.01. The van der Waals surface area contributed by atoms with Crippen molar-refractivity contribution in [3.63, 3.8) is 0 Å². The third kappa shape index (κ3) is 3.17. The number of fused-ring (bicyclic) bond motifs is 1. The molecule has 1 aliphatic heterocycles. The van der Waals surface area contributed by atoms with Gasteiger partial charge >= 0.3 is 7.12 Å². The molecule has 0 amide bonds. The number of aromatic nitrogens is 1. The second kappa shape index (κ2) is 6.87. The molecule has 0 atom stereocenters. The van der Waals surface area contributed by atoms with E-state index in [4.69, 9.17) is 9.31 Å². The van der Waals surface area contributed by atoms with Gasteiger partial charge in [-0.25, -0.2) is 0 Å². The number of benzene rings is 3. The van der Waals surface area contributed by atoms with Crippen LogP contribution in [0.2, 0.25) is 0 Å². The van der Waals surface area contributed by atoms with Crippen LogP contribution in [-0.4, -0.2) is 22.9 Å². The second-order valence-electron chi connectivity index (χ2n) is 9.01. The van der Waals surface area contributed by atoms with Crippen LogP contribution in [0.25, 0.3) is 27.7 Å². The van der Waals surface area contributed by atoms with E-state index in [0.717, 1.165) is 11.2 Å². The average molecular weight is 395 g/mol. The summed E-state index contributed by atoms with van der Waals surface area (Å²) < 4.78 is 14.7. The van der Waals surface area contributed by atoms with Crippen LogP contribution >= 0.6 is 0 Å². The average Bonchev–Trinajstić information content (AvgIpc) is 3.26. The molecule has 0 saturated carbocycles. The summed E-state index contributed by atoms with van der Waals surface area (Å²) >= 11 is 0. The molecule has 30 heavy (non-hydrogen) atoms. The highest BCUT2D eigenvalue weighted by Crippen LogP contribution is 2.36. The zero-order chi connectivity index (χ0) is 20.9. The zero-order valence-corrected chi connectivity index (χ0v) is 17.9. The molecule has 0 spiro atoms. The third-order valence-electron chi connectivity index (χ3n) is 6.47. The van der Waals surface area contributed by atoms with E-state index in [2.05, 4.69) is 111 Å². The highest BCUT2D eigenvalue weighted by atomic mass is 16.7. The van der Waals surface area contributed by atoms with E-state index in [1.165, 1.54) is 22.0 Å². The Kier molecular flexibility index (Phi) is 4.39. The van der Waals surface area contributed by atoms with Crippen molar-refractivity contribution in [3.8, 4) is 16.8 Å². The third-order valence-corrected chi connectivity index (χ3v) is 6.47. The van der Waals surface area contributed by atoms with Crippen molar-refractivity contribution in [1.29, 1.82) is 0 Å². The molecule has 1 aromatic heterocycles. The minimum Gasteiger partial charge on any atom is -0.399 e. The van der Waals surface area contributed by atoms with E-state index in [-0.39, 0.29) is 18.3 Å². The molecule has 0 aliphatic carbocycles. The van der Waals surface area contributed by atoms with Gasteiger partial charge in [-0.05, 0) is 74.6 Å². The molecule has 0 bridgehead atoms. The van der Waals surface area contributed by atoms with E-state index < -0.39 is 0 Å². The fourth-order valence-corrected chi connectivity index (χ4v) is 3.98. The Morgan fingerprint density at radius 2 is 1.43 bits per heavy atom. The molecule has 4 heteroatoms. The normalized spacial score (nSPS) is 17.5. The summed E-state index contributed by atoms with van der Waals surface area (Å²) in [6, 6.07) is 27.7. The molecule has 1 fully saturated rings. The molecule has 1 aliphatic rings. The molecule has 0 unspecified atom stereocenters. The van der Waals surface area contributed by atoms with Gasteiger partial charge in [-0.3, -0.25) is 0 Å². The van der Waals surface area contributed by atoms with Crippen LogP contribution in [0.1, 0.15) is 27.7 Å². The van der Waals surface area contributed by atoms with Gasteiger partial charge in [0, 0.05) is 17.3 Å². The zero-order valence-electron chi connectivity index (χ0n) is 17.9. The van der Waals surface area contributed by atoms with Crippen molar-refractivity contribution in [1.82, 2.24) is 4.57 Å². The van der Waals surface area contributed by atoms with Crippen LogP contribution in [0.3, 0.4) is 0 Å². The maximum atomic E-state index is 6.24. The Morgan fingerprint density at radius 1 is 0.700 bits per heavy atom. The Labute approximate surface area is 178 Å². The van der Waals surface area contributed by atoms with E-state index in [1.807, 2.05) is 6.07 Å². The number of rotatable bonds is 3. The first kappa shape index (κ1) is 19.2. The van der Waals surface area contributed by atoms with Crippen molar-refractivity contribution in [3.05, 3.63) is 85.1 Å². The van der Waals surface area contributed by atoms with Gasteiger partial charge in [0.2, 0.25) is 0 Å². The first-order valence-corrected chi connectivity index (χ1v) is 10.5. The lowest BCUT2D eigenvalue weighted by Gasteiger charge is -2.32. The molecule has 5 rings (SSSR count). The molecule has 0 N–H and O–H groups in total. The van der Waals surface area contributed by atoms with Gasteiger partial charge in [-0.2, -0.15) is 0 Å². The Bertz CT molecular complexity index is 1190. The van der Waals surface area contributed by atoms with Crippen molar-refractivity contribution in [2.24, 2.45) is 0 Å². The fraction of sp³-hybridized carbons (Fsp3) is 0.231. The van der Waals surface area contributed by atoms with Crippen LogP contribution in [0.4, 0.5) is 0 Å². The summed E-state index contributed by atoms with van der Waals surface area (Å²) in [5.41, 5.74) is 5.09. The van der Waals surface area contributed by atoms with Crippen molar-refractivity contribution >= 4 is 23.5 Å². The van der Waals surface area contributed by atoms with Crippen LogP contribution in [-0.2, 0) is 9.31 Å². The van der Waals surface area contributed by atoms with Crippen molar-refractivity contribution < 1.29 is 9.31 Å². The molecule has 0 radical (unpaired) electrons. The smallest absolute Gasteiger partial charge is 0.399 e. The van der Waals surface area contributed by atoms with Crippen LogP contribution in [0, 0.1) is 0 Å². The number of nitrogens with zero attached hydrogens (tertiary/aromatic N) is 1. The quantitative estimate of drug-likeness (QED) is 0.422. The van der Waals surface area contributed by atoms with Crippen LogP contribution in [0.15, 0.2) is 85.1 Å². The summed E-state index contributed by atoms with van der Waals surface area (Å²) in [7, 11) is -0.360. The van der Waals surface area contributed by atoms with Gasteiger partial charge < -0.3 is 13.9 Å². The van der Waals surface area contributed by atoms with Crippen LogP contribution < -0.4 is 5.46 Å². The molecule has 150 valence electrons. The highest BCUT2D eigenvalue weighted by Gasteiger charge is 2.51. The molecule has 1 saturated heterocycles. The van der Waals surface area contributed by atoms with Crippen molar-refractivity contribution in [2.45, 2.75) is 38.9 Å². The lowest BCUT2D eigenvalue weighted by atomic mass is 9.79. The van der Waals surface area contributed by atoms with Gasteiger partial charge in [0.1, 0.15) is 0 Å². The van der Waals surface area contributed by atoms with Gasteiger partial charge in [0.05, 0.1) is 16.7 Å². The number of hydrogen-bond donors (Lipinski definition) is 0. The summed E-state index contributed by atoms with van der Waals surface area (Å²) in [6.07, 6.45) is 2.13. The molecule has 2 heterocycles. The van der Waals surface area contributed by atoms with E-state index in [1.54, 1.807) is 0 Å². The Hall–Kier alpha value is -2.82. The maximum Gasteiger partial charge on any atom is 0.494 e. The van der Waals surface area contributed by atoms with Gasteiger partial charge in [0.25, 0.3) is 0 Å². The molecular weight excluding hydrogens is 369 g/mol. The van der Waals surface area contributed by atoms with Gasteiger partial charge in [-0.15, -0.1) is 0 Å². The van der Waals surface area contributed by atoms with Crippen LogP contribution in [0.5, 0.6) is 0 Å². The number of hydrogen-bond acceptors (Lipinski definition) is 2. The fourth-order valence-electron chi connectivity index (χ4n) is 3.98. The lowest BCUT2D eigenvalue weighted by Crippen LogP contribution is -2.41. The maximum absolute atomic E-state index is 6.24. The molecule has 3 nitrogen and oxygen atoms in total. The van der Waals surface area contributed by atoms with Crippen molar-refractivity contribution in [2.75, 3.05) is 0 Å². The minimum atomic E-state index is -0.360. The summed E-state index contributed by atoms with van der Waals surface area (Å²) in [5, 5.41) is 1.22. The monoisotopic (exact) mass is 395 g/mol. The van der Waals surface area contributed by atoms with Gasteiger partial charge in [-0.1, -0.05) is 48.5 Å². The van der Waals surface area contributed by atoms with E-state index in [0.29, 0.717) is 0 Å².